The van der Waals surface area contributed by atoms with Gasteiger partial charge < -0.3 is 24.1 Å². The van der Waals surface area contributed by atoms with E-state index in [4.69, 9.17) is 18.7 Å². The van der Waals surface area contributed by atoms with Crippen LogP contribution in [0.15, 0.2) is 47.0 Å². The molecule has 8 nitrogen and oxygen atoms in total. The van der Waals surface area contributed by atoms with Gasteiger partial charge in [-0.1, -0.05) is 5.16 Å². The molecule has 0 spiro atoms. The van der Waals surface area contributed by atoms with E-state index in [-0.39, 0.29) is 24.9 Å². The minimum atomic E-state index is -0.288. The molecule has 2 aromatic carbocycles. The third-order valence-corrected chi connectivity index (χ3v) is 4.45. The van der Waals surface area contributed by atoms with Gasteiger partial charge in [-0.15, -0.1) is 0 Å². The molecule has 1 aromatic heterocycles. The fraction of sp³-hybridized carbons (Fsp3) is 0.211. The third kappa shape index (κ3) is 5.12. The van der Waals surface area contributed by atoms with Crippen molar-refractivity contribution in [2.75, 3.05) is 20.8 Å². The standard InChI is InChI=1S/C19H18IN3O5/c1-25-15-8-3-12(9-16(15)26-2)19-22-18(28-23-19)10-21-17(24)11-27-14-6-4-13(20)5-7-14/h3-9H,10-11H2,1-2H3,(H,21,24). The average molecular weight is 495 g/mol. The number of ether oxygens (including phenoxy) is 3. The fourth-order valence-corrected chi connectivity index (χ4v) is 2.68. The Morgan fingerprint density at radius 3 is 2.57 bits per heavy atom. The first-order chi connectivity index (χ1) is 13.6. The maximum absolute atomic E-state index is 11.9. The van der Waals surface area contributed by atoms with Crippen molar-refractivity contribution >= 4 is 28.5 Å². The van der Waals surface area contributed by atoms with Crippen LogP contribution in [-0.2, 0) is 11.3 Å². The van der Waals surface area contributed by atoms with Crippen molar-refractivity contribution < 1.29 is 23.5 Å². The van der Waals surface area contributed by atoms with E-state index < -0.39 is 0 Å². The second kappa shape index (κ2) is 9.40. The summed E-state index contributed by atoms with van der Waals surface area (Å²) in [5.41, 5.74) is 0.709. The molecule has 0 aliphatic heterocycles. The number of amides is 1. The molecule has 0 fully saturated rings. The monoisotopic (exact) mass is 495 g/mol. The lowest BCUT2D eigenvalue weighted by atomic mass is 10.2. The first-order valence-corrected chi connectivity index (χ1v) is 9.37. The predicted octanol–water partition coefficient (Wildman–Crippen LogP) is 3.05. The van der Waals surface area contributed by atoms with Crippen LogP contribution in [0.4, 0.5) is 0 Å². The number of hydrogen-bond donors (Lipinski definition) is 1. The highest BCUT2D eigenvalue weighted by molar-refractivity contribution is 14.1. The van der Waals surface area contributed by atoms with Gasteiger partial charge in [-0.05, 0) is 65.1 Å². The number of benzene rings is 2. The van der Waals surface area contributed by atoms with Gasteiger partial charge in [0.1, 0.15) is 5.75 Å². The smallest absolute Gasteiger partial charge is 0.258 e. The molecule has 1 N–H and O–H groups in total. The number of hydrogen-bond acceptors (Lipinski definition) is 7. The molecule has 28 heavy (non-hydrogen) atoms. The first-order valence-electron chi connectivity index (χ1n) is 8.29. The van der Waals surface area contributed by atoms with Crippen molar-refractivity contribution in [2.24, 2.45) is 0 Å². The molecule has 1 amide bonds. The van der Waals surface area contributed by atoms with E-state index in [1.807, 2.05) is 24.3 Å². The minimum Gasteiger partial charge on any atom is -0.493 e. The maximum Gasteiger partial charge on any atom is 0.258 e. The molecule has 0 saturated carbocycles. The second-order valence-electron chi connectivity index (χ2n) is 5.60. The number of carbonyl (C=O) groups is 1. The van der Waals surface area contributed by atoms with E-state index in [0.29, 0.717) is 28.6 Å². The summed E-state index contributed by atoms with van der Waals surface area (Å²) in [5, 5.41) is 6.61. The summed E-state index contributed by atoms with van der Waals surface area (Å²) in [6.07, 6.45) is 0. The van der Waals surface area contributed by atoms with Crippen molar-refractivity contribution in [3.8, 4) is 28.6 Å². The van der Waals surface area contributed by atoms with Crippen LogP contribution in [0.2, 0.25) is 0 Å². The molecule has 0 aliphatic carbocycles. The molecule has 9 heteroatoms. The summed E-state index contributed by atoms with van der Waals surface area (Å²) in [4.78, 5) is 16.2. The Morgan fingerprint density at radius 1 is 1.11 bits per heavy atom. The summed E-state index contributed by atoms with van der Waals surface area (Å²) >= 11 is 2.20. The lowest BCUT2D eigenvalue weighted by Crippen LogP contribution is -2.28. The molecular weight excluding hydrogens is 477 g/mol. The van der Waals surface area contributed by atoms with Crippen LogP contribution in [0.5, 0.6) is 17.2 Å². The number of rotatable bonds is 8. The molecule has 3 aromatic rings. The molecule has 3 rings (SSSR count). The Kier molecular flexibility index (Phi) is 6.69. The number of halogens is 1. The average Bonchev–Trinajstić information content (AvgIpc) is 3.20. The molecule has 0 bridgehead atoms. The fourth-order valence-electron chi connectivity index (χ4n) is 2.32. The van der Waals surface area contributed by atoms with Gasteiger partial charge >= 0.3 is 0 Å². The summed E-state index contributed by atoms with van der Waals surface area (Å²) in [7, 11) is 3.12. The van der Waals surface area contributed by atoms with E-state index in [1.54, 1.807) is 32.4 Å². The van der Waals surface area contributed by atoms with Gasteiger partial charge in [0.05, 0.1) is 20.8 Å². The van der Waals surface area contributed by atoms with E-state index in [0.717, 1.165) is 3.57 Å². The highest BCUT2D eigenvalue weighted by Gasteiger charge is 2.13. The van der Waals surface area contributed by atoms with Crippen LogP contribution in [0, 0.1) is 3.57 Å². The van der Waals surface area contributed by atoms with E-state index in [1.165, 1.54) is 0 Å². The number of nitrogens with zero attached hydrogens (tertiary/aromatic N) is 2. The molecule has 0 radical (unpaired) electrons. The van der Waals surface area contributed by atoms with Crippen LogP contribution in [0.3, 0.4) is 0 Å². The highest BCUT2D eigenvalue weighted by atomic mass is 127. The summed E-state index contributed by atoms with van der Waals surface area (Å²) in [6, 6.07) is 12.7. The number of methoxy groups -OCH3 is 2. The molecule has 0 aliphatic rings. The van der Waals surface area contributed by atoms with Gasteiger partial charge in [-0.25, -0.2) is 0 Å². The normalized spacial score (nSPS) is 10.4. The van der Waals surface area contributed by atoms with Gasteiger partial charge in [-0.2, -0.15) is 4.98 Å². The van der Waals surface area contributed by atoms with Crippen LogP contribution >= 0.6 is 22.6 Å². The Morgan fingerprint density at radius 2 is 1.86 bits per heavy atom. The van der Waals surface area contributed by atoms with E-state index in [2.05, 4.69) is 38.0 Å². The largest absolute Gasteiger partial charge is 0.493 e. The van der Waals surface area contributed by atoms with Gasteiger partial charge in [0.25, 0.3) is 5.91 Å². The van der Waals surface area contributed by atoms with Crippen LogP contribution < -0.4 is 19.5 Å². The minimum absolute atomic E-state index is 0.0999. The van der Waals surface area contributed by atoms with Crippen LogP contribution in [0.1, 0.15) is 5.89 Å². The number of nitrogens with one attached hydrogen (secondary N) is 1. The third-order valence-electron chi connectivity index (χ3n) is 3.73. The zero-order valence-corrected chi connectivity index (χ0v) is 17.4. The summed E-state index contributed by atoms with van der Waals surface area (Å²) in [5.74, 6) is 2.18. The van der Waals surface area contributed by atoms with E-state index >= 15 is 0 Å². The van der Waals surface area contributed by atoms with Crippen molar-refractivity contribution in [1.82, 2.24) is 15.5 Å². The second-order valence-corrected chi connectivity index (χ2v) is 6.85. The zero-order valence-electron chi connectivity index (χ0n) is 15.3. The van der Waals surface area contributed by atoms with E-state index in [9.17, 15) is 4.79 Å². The quantitative estimate of drug-likeness (QED) is 0.480. The predicted molar refractivity (Wildman–Crippen MR) is 109 cm³/mol. The molecular formula is C19H18IN3O5. The lowest BCUT2D eigenvalue weighted by Gasteiger charge is -2.07. The SMILES string of the molecule is COc1ccc(-c2noc(CNC(=O)COc3ccc(I)cc3)n2)cc1OC. The van der Waals surface area contributed by atoms with Crippen molar-refractivity contribution in [2.45, 2.75) is 6.54 Å². The molecule has 146 valence electrons. The Labute approximate surface area is 175 Å². The van der Waals surface area contributed by atoms with Crippen LogP contribution in [0.25, 0.3) is 11.4 Å². The Balaban J connectivity index is 1.54. The first kappa shape index (κ1) is 19.9. The van der Waals surface area contributed by atoms with Gasteiger partial charge in [0.15, 0.2) is 18.1 Å². The van der Waals surface area contributed by atoms with Crippen LogP contribution in [-0.4, -0.2) is 36.9 Å². The topological polar surface area (TPSA) is 95.7 Å². The lowest BCUT2D eigenvalue weighted by molar-refractivity contribution is -0.123. The van der Waals surface area contributed by atoms with Crippen molar-refractivity contribution in [3.63, 3.8) is 0 Å². The maximum atomic E-state index is 11.9. The summed E-state index contributed by atoms with van der Waals surface area (Å²) < 4.78 is 22.2. The highest BCUT2D eigenvalue weighted by Crippen LogP contribution is 2.31. The molecule has 1 heterocycles. The van der Waals surface area contributed by atoms with Crippen molar-refractivity contribution in [3.05, 3.63) is 51.9 Å². The molecule has 0 unspecified atom stereocenters. The van der Waals surface area contributed by atoms with Gasteiger partial charge in [0.2, 0.25) is 11.7 Å². The van der Waals surface area contributed by atoms with Crippen molar-refractivity contribution in [1.29, 1.82) is 0 Å². The number of carbonyl (C=O) groups excluding carboxylic acids is 1. The zero-order chi connectivity index (χ0) is 19.9. The molecule has 0 saturated heterocycles. The number of aromatic nitrogens is 2. The van der Waals surface area contributed by atoms with Gasteiger partial charge in [-0.3, -0.25) is 4.79 Å². The summed E-state index contributed by atoms with van der Waals surface area (Å²) in [6.45, 7) is 0.00639. The Hall–Kier alpha value is -2.82. The Bertz CT molecular complexity index is 943. The van der Waals surface area contributed by atoms with Gasteiger partial charge in [0, 0.05) is 9.13 Å². The molecule has 0 atom stereocenters.